The molecule has 0 bridgehead atoms. The first-order chi connectivity index (χ1) is 14.7. The van der Waals surface area contributed by atoms with Crippen LogP contribution in [0.3, 0.4) is 0 Å². The number of aromatic nitrogens is 2. The summed E-state index contributed by atoms with van der Waals surface area (Å²) in [4.78, 5) is 15.1. The van der Waals surface area contributed by atoms with E-state index in [1.54, 1.807) is 6.20 Å². The van der Waals surface area contributed by atoms with Crippen LogP contribution in [0.1, 0.15) is 35.7 Å². The number of piperidine rings is 1. The predicted molar refractivity (Wildman–Crippen MR) is 119 cm³/mol. The second-order valence-electron chi connectivity index (χ2n) is 7.66. The molecule has 1 aromatic heterocycles. The number of H-pyrrole nitrogens is 1. The first-order valence-corrected chi connectivity index (χ1v) is 10.8. The van der Waals surface area contributed by atoms with Crippen molar-refractivity contribution in [3.8, 4) is 17.0 Å². The largest absolute Gasteiger partial charge is 0.492 e. The molecule has 1 aliphatic heterocycles. The topological polar surface area (TPSA) is 58.2 Å². The number of carbonyl (C=O) groups excluding carboxylic acids is 1. The van der Waals surface area contributed by atoms with E-state index in [-0.39, 0.29) is 5.91 Å². The van der Waals surface area contributed by atoms with Crippen LogP contribution in [0.15, 0.2) is 54.7 Å². The van der Waals surface area contributed by atoms with Gasteiger partial charge < -0.3 is 9.64 Å². The Morgan fingerprint density at radius 2 is 1.97 bits per heavy atom. The van der Waals surface area contributed by atoms with Crippen LogP contribution in [-0.4, -0.2) is 40.7 Å². The Kier molecular flexibility index (Phi) is 6.38. The molecule has 0 atom stereocenters. The van der Waals surface area contributed by atoms with Gasteiger partial charge in [0.25, 0.3) is 5.91 Å². The van der Waals surface area contributed by atoms with Gasteiger partial charge in [0.15, 0.2) is 0 Å². The molecule has 2 heterocycles. The van der Waals surface area contributed by atoms with Crippen molar-refractivity contribution in [3.05, 3.63) is 70.9 Å². The summed E-state index contributed by atoms with van der Waals surface area (Å²) >= 11 is 6.33. The first-order valence-electron chi connectivity index (χ1n) is 10.4. The second kappa shape index (κ2) is 9.35. The zero-order valence-corrected chi connectivity index (χ0v) is 17.9. The minimum Gasteiger partial charge on any atom is -0.492 e. The lowest BCUT2D eigenvalue weighted by molar-refractivity contribution is 0.0691. The monoisotopic (exact) mass is 423 g/mol. The van der Waals surface area contributed by atoms with Gasteiger partial charge in [0.2, 0.25) is 0 Å². The zero-order valence-electron chi connectivity index (χ0n) is 17.1. The smallest absolute Gasteiger partial charge is 0.257 e. The molecule has 1 saturated heterocycles. The van der Waals surface area contributed by atoms with Gasteiger partial charge in [0.05, 0.1) is 29.1 Å². The number of nitrogens with one attached hydrogen (secondary N) is 1. The lowest BCUT2D eigenvalue weighted by Crippen LogP contribution is -2.39. The maximum atomic E-state index is 13.2. The van der Waals surface area contributed by atoms with Crippen molar-refractivity contribution in [3.63, 3.8) is 0 Å². The van der Waals surface area contributed by atoms with E-state index in [9.17, 15) is 4.79 Å². The third-order valence-electron chi connectivity index (χ3n) is 5.66. The normalized spacial score (nSPS) is 14.7. The fraction of sp³-hybridized carbons (Fsp3) is 0.333. The van der Waals surface area contributed by atoms with Crippen molar-refractivity contribution >= 4 is 17.5 Å². The van der Waals surface area contributed by atoms with E-state index in [2.05, 4.69) is 34.5 Å². The molecule has 30 heavy (non-hydrogen) atoms. The van der Waals surface area contributed by atoms with Crippen molar-refractivity contribution in [1.82, 2.24) is 15.1 Å². The molecular formula is C24H26ClN3O2. The minimum absolute atomic E-state index is 0.0157. The van der Waals surface area contributed by atoms with Crippen molar-refractivity contribution < 1.29 is 9.53 Å². The SMILES string of the molecule is CCOc1ccc(-c2[nH]ncc2C(=O)N2CCC(Cc3ccccc3)CC2)cc1Cl. The number of nitrogens with zero attached hydrogens (tertiary/aromatic N) is 2. The number of ether oxygens (including phenoxy) is 1. The van der Waals surface area contributed by atoms with Crippen molar-refractivity contribution in [2.75, 3.05) is 19.7 Å². The van der Waals surface area contributed by atoms with Crippen molar-refractivity contribution in [2.45, 2.75) is 26.2 Å². The van der Waals surface area contributed by atoms with Crippen LogP contribution in [0.2, 0.25) is 5.02 Å². The Balaban J connectivity index is 1.43. The Bertz CT molecular complexity index is 995. The molecule has 1 aliphatic rings. The first kappa shape index (κ1) is 20.5. The van der Waals surface area contributed by atoms with E-state index in [0.717, 1.165) is 37.9 Å². The average molecular weight is 424 g/mol. The molecular weight excluding hydrogens is 398 g/mol. The average Bonchev–Trinajstić information content (AvgIpc) is 3.26. The van der Waals surface area contributed by atoms with E-state index >= 15 is 0 Å². The third kappa shape index (κ3) is 4.51. The maximum Gasteiger partial charge on any atom is 0.257 e. The molecule has 1 amide bonds. The summed E-state index contributed by atoms with van der Waals surface area (Å²) in [5, 5.41) is 7.61. The molecule has 1 fully saturated rings. The van der Waals surface area contributed by atoms with Crippen LogP contribution < -0.4 is 4.74 Å². The van der Waals surface area contributed by atoms with Gasteiger partial charge in [-0.05, 0) is 55.9 Å². The van der Waals surface area contributed by atoms with E-state index in [1.807, 2.05) is 36.1 Å². The van der Waals surface area contributed by atoms with Crippen LogP contribution in [0.25, 0.3) is 11.3 Å². The molecule has 0 unspecified atom stereocenters. The highest BCUT2D eigenvalue weighted by Gasteiger charge is 2.26. The highest BCUT2D eigenvalue weighted by molar-refractivity contribution is 6.32. The molecule has 3 aromatic rings. The third-order valence-corrected chi connectivity index (χ3v) is 5.95. The molecule has 0 spiro atoms. The van der Waals surface area contributed by atoms with Gasteiger partial charge in [-0.25, -0.2) is 0 Å². The second-order valence-corrected chi connectivity index (χ2v) is 8.07. The standard InChI is InChI=1S/C24H26ClN3O2/c1-2-30-22-9-8-19(15-21(22)25)23-20(16-26-27-23)24(29)28-12-10-18(11-13-28)14-17-6-4-3-5-7-17/h3-9,15-16,18H,2,10-14H2,1H3,(H,26,27). The summed E-state index contributed by atoms with van der Waals surface area (Å²) in [6.07, 6.45) is 4.72. The molecule has 0 saturated carbocycles. The lowest BCUT2D eigenvalue weighted by Gasteiger charge is -2.32. The molecule has 1 N–H and O–H groups in total. The Hall–Kier alpha value is -2.79. The summed E-state index contributed by atoms with van der Waals surface area (Å²) in [6, 6.07) is 16.1. The van der Waals surface area contributed by atoms with Crippen LogP contribution in [0.5, 0.6) is 5.75 Å². The van der Waals surface area contributed by atoms with Crippen LogP contribution in [0, 0.1) is 5.92 Å². The summed E-state index contributed by atoms with van der Waals surface area (Å²) in [6.45, 7) is 4.00. The predicted octanol–water partition coefficient (Wildman–Crippen LogP) is 5.22. The lowest BCUT2D eigenvalue weighted by atomic mass is 9.90. The molecule has 4 rings (SSSR count). The number of halogens is 1. The van der Waals surface area contributed by atoms with Crippen LogP contribution >= 0.6 is 11.6 Å². The van der Waals surface area contributed by atoms with Crippen LogP contribution in [0.4, 0.5) is 0 Å². The van der Waals surface area contributed by atoms with Crippen molar-refractivity contribution in [2.24, 2.45) is 5.92 Å². The quantitative estimate of drug-likeness (QED) is 0.591. The van der Waals surface area contributed by atoms with E-state index in [0.29, 0.717) is 34.6 Å². The zero-order chi connectivity index (χ0) is 20.9. The number of likely N-dealkylation sites (tertiary alicyclic amines) is 1. The fourth-order valence-corrected chi connectivity index (χ4v) is 4.29. The van der Waals surface area contributed by atoms with Gasteiger partial charge >= 0.3 is 0 Å². The molecule has 0 aliphatic carbocycles. The number of rotatable bonds is 6. The maximum absolute atomic E-state index is 13.2. The van der Waals surface area contributed by atoms with Gasteiger partial charge in [-0.3, -0.25) is 9.89 Å². The van der Waals surface area contributed by atoms with E-state index in [1.165, 1.54) is 5.56 Å². The molecule has 5 nitrogen and oxygen atoms in total. The van der Waals surface area contributed by atoms with Gasteiger partial charge in [0, 0.05) is 18.7 Å². The summed E-state index contributed by atoms with van der Waals surface area (Å²) < 4.78 is 5.50. The Labute approximate surface area is 182 Å². The number of hydrogen-bond donors (Lipinski definition) is 1. The summed E-state index contributed by atoms with van der Waals surface area (Å²) in [5.74, 6) is 1.27. The van der Waals surface area contributed by atoms with E-state index < -0.39 is 0 Å². The van der Waals surface area contributed by atoms with Gasteiger partial charge in [-0.2, -0.15) is 5.10 Å². The molecule has 2 aromatic carbocycles. The molecule has 0 radical (unpaired) electrons. The highest BCUT2D eigenvalue weighted by Crippen LogP contribution is 2.32. The highest BCUT2D eigenvalue weighted by atomic mass is 35.5. The van der Waals surface area contributed by atoms with Crippen molar-refractivity contribution in [1.29, 1.82) is 0 Å². The summed E-state index contributed by atoms with van der Waals surface area (Å²) in [7, 11) is 0. The molecule has 156 valence electrons. The van der Waals surface area contributed by atoms with Crippen LogP contribution in [-0.2, 0) is 6.42 Å². The minimum atomic E-state index is 0.0157. The summed E-state index contributed by atoms with van der Waals surface area (Å²) in [5.41, 5.74) is 3.46. The fourth-order valence-electron chi connectivity index (χ4n) is 4.06. The number of aromatic amines is 1. The van der Waals surface area contributed by atoms with Gasteiger partial charge in [-0.1, -0.05) is 41.9 Å². The molecule has 6 heteroatoms. The Morgan fingerprint density at radius 1 is 1.20 bits per heavy atom. The van der Waals surface area contributed by atoms with Gasteiger partial charge in [0.1, 0.15) is 5.75 Å². The number of amides is 1. The number of hydrogen-bond acceptors (Lipinski definition) is 3. The number of benzene rings is 2. The van der Waals surface area contributed by atoms with E-state index in [4.69, 9.17) is 16.3 Å². The van der Waals surface area contributed by atoms with Gasteiger partial charge in [-0.15, -0.1) is 0 Å². The number of carbonyl (C=O) groups is 1. The Morgan fingerprint density at radius 3 is 2.67 bits per heavy atom.